The van der Waals surface area contributed by atoms with Crippen molar-refractivity contribution in [3.8, 4) is 0 Å². The summed E-state index contributed by atoms with van der Waals surface area (Å²) < 4.78 is 0. The zero-order chi connectivity index (χ0) is 20.2. The van der Waals surface area contributed by atoms with Crippen LogP contribution < -0.4 is 0 Å². The van der Waals surface area contributed by atoms with Crippen LogP contribution in [0.1, 0.15) is 18.4 Å². The van der Waals surface area contributed by atoms with Crippen molar-refractivity contribution >= 4 is 46.7 Å². The monoisotopic (exact) mass is 424 g/mol. The summed E-state index contributed by atoms with van der Waals surface area (Å²) in [5.74, 6) is -0.557. The number of hydrogen-bond acceptors (Lipinski definition) is 5. The van der Waals surface area contributed by atoms with E-state index in [-0.39, 0.29) is 17.7 Å². The van der Waals surface area contributed by atoms with Crippen LogP contribution >= 0.6 is 23.5 Å². The number of imide groups is 1. The largest absolute Gasteiger partial charge is 0.341 e. The molecule has 2 aromatic rings. The highest BCUT2D eigenvalue weighted by Crippen LogP contribution is 2.36. The molecule has 2 aromatic carbocycles. The van der Waals surface area contributed by atoms with Crippen molar-refractivity contribution < 1.29 is 14.4 Å². The van der Waals surface area contributed by atoms with E-state index in [1.54, 1.807) is 22.7 Å². The van der Waals surface area contributed by atoms with E-state index >= 15 is 0 Å². The van der Waals surface area contributed by atoms with E-state index in [1.807, 2.05) is 54.6 Å². The summed E-state index contributed by atoms with van der Waals surface area (Å²) in [7, 11) is 0. The first-order chi connectivity index (χ1) is 14.1. The highest BCUT2D eigenvalue weighted by molar-refractivity contribution is 8.18. The molecular weight excluding hydrogens is 404 g/mol. The van der Waals surface area contributed by atoms with Crippen molar-refractivity contribution in [2.75, 3.05) is 19.6 Å². The molecule has 2 saturated heterocycles. The number of carbonyl (C=O) groups is 3. The molecule has 2 fully saturated rings. The maximum Gasteiger partial charge on any atom is 0.294 e. The molecule has 0 bridgehead atoms. The first-order valence-corrected chi connectivity index (χ1v) is 11.1. The molecule has 148 valence electrons. The number of thioether (sulfide) groups is 1. The van der Waals surface area contributed by atoms with Gasteiger partial charge in [-0.2, -0.15) is 0 Å². The molecule has 2 aliphatic rings. The number of carbonyl (C=O) groups excluding carboxylic acids is 3. The van der Waals surface area contributed by atoms with Gasteiger partial charge in [-0.25, -0.2) is 0 Å². The van der Waals surface area contributed by atoms with Crippen molar-refractivity contribution in [2.45, 2.75) is 22.6 Å². The van der Waals surface area contributed by atoms with Crippen LogP contribution in [0.2, 0.25) is 0 Å². The number of likely N-dealkylation sites (tertiary alicyclic amines) is 1. The number of nitrogens with zero attached hydrogens (tertiary/aromatic N) is 2. The molecule has 2 aliphatic heterocycles. The molecule has 29 heavy (non-hydrogen) atoms. The summed E-state index contributed by atoms with van der Waals surface area (Å²) in [5.41, 5.74) is 0.873. The van der Waals surface area contributed by atoms with Gasteiger partial charge in [-0.15, -0.1) is 0 Å². The Bertz CT molecular complexity index is 969. The van der Waals surface area contributed by atoms with Gasteiger partial charge in [-0.05, 0) is 54.4 Å². The van der Waals surface area contributed by atoms with Gasteiger partial charge < -0.3 is 4.90 Å². The zero-order valence-electron chi connectivity index (χ0n) is 15.7. The van der Waals surface area contributed by atoms with Crippen LogP contribution in [0.3, 0.4) is 0 Å². The Labute approximate surface area is 178 Å². The zero-order valence-corrected chi connectivity index (χ0v) is 17.4. The van der Waals surface area contributed by atoms with Gasteiger partial charge in [-0.3, -0.25) is 19.3 Å². The van der Waals surface area contributed by atoms with Gasteiger partial charge in [-0.1, -0.05) is 48.2 Å². The van der Waals surface area contributed by atoms with Gasteiger partial charge in [0.1, 0.15) is 6.54 Å². The summed E-state index contributed by atoms with van der Waals surface area (Å²) in [4.78, 5) is 42.7. The van der Waals surface area contributed by atoms with Crippen LogP contribution in [0.15, 0.2) is 69.3 Å². The van der Waals surface area contributed by atoms with Gasteiger partial charge in [0.25, 0.3) is 11.1 Å². The van der Waals surface area contributed by atoms with Gasteiger partial charge in [0, 0.05) is 22.9 Å². The third-order valence-corrected chi connectivity index (χ3v) is 6.81. The molecule has 0 unspecified atom stereocenters. The topological polar surface area (TPSA) is 57.7 Å². The quantitative estimate of drug-likeness (QED) is 0.662. The van der Waals surface area contributed by atoms with Crippen molar-refractivity contribution in [2.24, 2.45) is 0 Å². The third-order valence-electron chi connectivity index (χ3n) is 4.80. The minimum atomic E-state index is -0.396. The summed E-state index contributed by atoms with van der Waals surface area (Å²) in [5, 5.41) is -0.387. The van der Waals surface area contributed by atoms with E-state index in [0.717, 1.165) is 44.9 Å². The lowest BCUT2D eigenvalue weighted by Crippen LogP contribution is -2.40. The molecule has 3 amide bonds. The molecule has 0 N–H and O–H groups in total. The summed E-state index contributed by atoms with van der Waals surface area (Å²) in [6.45, 7) is 1.23. The molecule has 0 aromatic heterocycles. The molecule has 4 rings (SSSR count). The number of amides is 3. The third kappa shape index (κ3) is 4.57. The molecule has 0 saturated carbocycles. The van der Waals surface area contributed by atoms with Crippen molar-refractivity contribution in [1.82, 2.24) is 9.80 Å². The first-order valence-electron chi connectivity index (χ1n) is 9.47. The van der Waals surface area contributed by atoms with Crippen LogP contribution in [0.4, 0.5) is 4.79 Å². The van der Waals surface area contributed by atoms with E-state index in [0.29, 0.717) is 18.0 Å². The Hall–Kier alpha value is -2.51. The molecule has 7 heteroatoms. The van der Waals surface area contributed by atoms with Crippen LogP contribution in [0, 0.1) is 0 Å². The van der Waals surface area contributed by atoms with Crippen LogP contribution in [0.25, 0.3) is 6.08 Å². The molecule has 0 spiro atoms. The maximum absolute atomic E-state index is 12.8. The Morgan fingerprint density at radius 3 is 2.45 bits per heavy atom. The highest BCUT2D eigenvalue weighted by Gasteiger charge is 2.37. The van der Waals surface area contributed by atoms with E-state index in [2.05, 4.69) is 0 Å². The second-order valence-corrected chi connectivity index (χ2v) is 8.92. The highest BCUT2D eigenvalue weighted by atomic mass is 32.2. The van der Waals surface area contributed by atoms with E-state index in [4.69, 9.17) is 0 Å². The molecule has 2 heterocycles. The predicted molar refractivity (Wildman–Crippen MR) is 115 cm³/mol. The van der Waals surface area contributed by atoms with E-state index in [1.165, 1.54) is 0 Å². The average molecular weight is 425 g/mol. The molecular formula is C22H20N2O3S2. The molecule has 0 atom stereocenters. The van der Waals surface area contributed by atoms with Crippen LogP contribution in [-0.4, -0.2) is 46.5 Å². The number of hydrogen-bond donors (Lipinski definition) is 0. The summed E-state index contributed by atoms with van der Waals surface area (Å²) in [6.07, 6.45) is 3.70. The second kappa shape index (κ2) is 8.88. The summed E-state index contributed by atoms with van der Waals surface area (Å²) in [6, 6.07) is 17.7. The first kappa shape index (κ1) is 19.8. The number of benzene rings is 2. The molecule has 0 radical (unpaired) electrons. The van der Waals surface area contributed by atoms with Gasteiger partial charge in [0.15, 0.2) is 0 Å². The fourth-order valence-electron chi connectivity index (χ4n) is 3.29. The fraction of sp³-hybridized carbons (Fsp3) is 0.227. The van der Waals surface area contributed by atoms with Gasteiger partial charge >= 0.3 is 0 Å². The summed E-state index contributed by atoms with van der Waals surface area (Å²) >= 11 is 2.50. The lowest BCUT2D eigenvalue weighted by atomic mass is 10.2. The SMILES string of the molecule is O=C(CN1C(=O)SC(=Cc2ccccc2Sc2ccccc2)C1=O)N1CCCC1. The van der Waals surface area contributed by atoms with Crippen LogP contribution in [0.5, 0.6) is 0 Å². The van der Waals surface area contributed by atoms with Gasteiger partial charge in [0.05, 0.1) is 4.91 Å². The fourth-order valence-corrected chi connectivity index (χ4v) is 5.06. The lowest BCUT2D eigenvalue weighted by molar-refractivity contribution is -0.135. The smallest absolute Gasteiger partial charge is 0.294 e. The minimum Gasteiger partial charge on any atom is -0.341 e. The standard InChI is InChI=1S/C22H20N2O3S2/c25-20(23-12-6-7-13-23)15-24-21(26)19(29-22(24)27)14-16-8-4-5-11-18(16)28-17-9-2-1-3-10-17/h1-5,8-11,14H,6-7,12-13,15H2. The van der Waals surface area contributed by atoms with Crippen molar-refractivity contribution in [3.63, 3.8) is 0 Å². The van der Waals surface area contributed by atoms with Crippen molar-refractivity contribution in [1.29, 1.82) is 0 Å². The molecule has 5 nitrogen and oxygen atoms in total. The Morgan fingerprint density at radius 1 is 1.00 bits per heavy atom. The lowest BCUT2D eigenvalue weighted by Gasteiger charge is -2.18. The van der Waals surface area contributed by atoms with E-state index < -0.39 is 5.91 Å². The van der Waals surface area contributed by atoms with Gasteiger partial charge in [0.2, 0.25) is 5.91 Å². The maximum atomic E-state index is 12.8. The van der Waals surface area contributed by atoms with Crippen LogP contribution in [-0.2, 0) is 9.59 Å². The minimum absolute atomic E-state index is 0.161. The normalized spacial score (nSPS) is 18.1. The molecule has 0 aliphatic carbocycles. The van der Waals surface area contributed by atoms with E-state index in [9.17, 15) is 14.4 Å². The number of rotatable bonds is 5. The predicted octanol–water partition coefficient (Wildman–Crippen LogP) is 4.50. The Morgan fingerprint density at radius 2 is 1.69 bits per heavy atom. The second-order valence-electron chi connectivity index (χ2n) is 6.81. The average Bonchev–Trinajstić information content (AvgIpc) is 3.35. The Balaban J connectivity index is 1.52. The Kier molecular flexibility index (Phi) is 6.06. The van der Waals surface area contributed by atoms with Crippen molar-refractivity contribution in [3.05, 3.63) is 65.1 Å².